The third-order valence-electron chi connectivity index (χ3n) is 11.3. The van der Waals surface area contributed by atoms with Gasteiger partial charge in [0.05, 0.1) is 54.0 Å². The summed E-state index contributed by atoms with van der Waals surface area (Å²) in [7, 11) is -1.49. The van der Waals surface area contributed by atoms with E-state index in [0.717, 1.165) is 33.4 Å². The van der Waals surface area contributed by atoms with Gasteiger partial charge in [0.2, 0.25) is 0 Å². The Kier molecular flexibility index (Phi) is 10.3. The van der Waals surface area contributed by atoms with Crippen LogP contribution < -0.4 is 9.04 Å². The molecule has 11 heteroatoms. The number of carbonyl (C=O) groups is 1. The van der Waals surface area contributed by atoms with Gasteiger partial charge in [0.1, 0.15) is 11.5 Å². The molecule has 0 radical (unpaired) electrons. The number of esters is 1. The van der Waals surface area contributed by atoms with Crippen molar-refractivity contribution in [2.24, 2.45) is 0 Å². The lowest BCUT2D eigenvalue weighted by Gasteiger charge is -2.36. The van der Waals surface area contributed by atoms with Crippen LogP contribution in [0.15, 0.2) is 162 Å². The molecule has 1 saturated heterocycles. The Morgan fingerprint density at radius 3 is 1.98 bits per heavy atom. The van der Waals surface area contributed by atoms with Gasteiger partial charge in [-0.15, -0.1) is 0 Å². The zero-order chi connectivity index (χ0) is 40.6. The van der Waals surface area contributed by atoms with Crippen LogP contribution in [0, 0.1) is 0 Å². The molecule has 10 nitrogen and oxygen atoms in total. The molecule has 0 bridgehead atoms. The fourth-order valence-corrected chi connectivity index (χ4v) is 10.3. The molecule has 3 atom stereocenters. The Hall–Kier alpha value is -6.24. The van der Waals surface area contributed by atoms with Crippen LogP contribution in [0.4, 0.5) is 5.69 Å². The molecular weight excluding hydrogens is 765 g/mol. The van der Waals surface area contributed by atoms with E-state index >= 15 is 8.42 Å². The van der Waals surface area contributed by atoms with E-state index in [-0.39, 0.29) is 42.0 Å². The normalized spacial score (nSPS) is 19.4. The minimum atomic E-state index is -4.26. The summed E-state index contributed by atoms with van der Waals surface area (Å²) in [6.45, 7) is 0.0630. The van der Waals surface area contributed by atoms with Crippen molar-refractivity contribution in [3.8, 4) is 16.9 Å². The fourth-order valence-electron chi connectivity index (χ4n) is 8.74. The van der Waals surface area contributed by atoms with E-state index in [4.69, 9.17) is 23.7 Å². The fraction of sp³-hybridized carbons (Fsp3) is 0.188. The highest BCUT2D eigenvalue weighted by atomic mass is 32.2. The van der Waals surface area contributed by atoms with E-state index in [1.54, 1.807) is 36.4 Å². The first-order valence-electron chi connectivity index (χ1n) is 19.3. The molecule has 2 heterocycles. The molecular formula is C48H42N2O8S. The zero-order valence-electron chi connectivity index (χ0n) is 32.6. The molecule has 6 aromatic carbocycles. The molecule has 1 aliphatic carbocycles. The molecule has 0 spiro atoms. The second kappa shape index (κ2) is 15.8. The average Bonchev–Trinajstić information content (AvgIpc) is 3.90. The number of fused-ring (bicyclic) bond motifs is 5. The van der Waals surface area contributed by atoms with Crippen LogP contribution in [0.25, 0.3) is 17.2 Å². The number of nitrogens with zero attached hydrogens (tertiary/aromatic N) is 2. The molecule has 1 unspecified atom stereocenters. The number of benzene rings is 6. The molecule has 298 valence electrons. The quantitative estimate of drug-likeness (QED) is 0.0495. The Morgan fingerprint density at radius 2 is 1.34 bits per heavy atom. The van der Waals surface area contributed by atoms with Crippen molar-refractivity contribution in [2.75, 3.05) is 38.7 Å². The van der Waals surface area contributed by atoms with Gasteiger partial charge in [-0.1, -0.05) is 127 Å². The van der Waals surface area contributed by atoms with E-state index < -0.39 is 33.6 Å². The van der Waals surface area contributed by atoms with Crippen LogP contribution in [-0.2, 0) is 41.1 Å². The van der Waals surface area contributed by atoms with E-state index in [0.29, 0.717) is 17.9 Å². The van der Waals surface area contributed by atoms with Crippen molar-refractivity contribution in [1.29, 1.82) is 0 Å². The molecule has 59 heavy (non-hydrogen) atoms. The first kappa shape index (κ1) is 38.3. The number of hydrogen-bond donors (Lipinski definition) is 0. The van der Waals surface area contributed by atoms with Gasteiger partial charge < -0.3 is 23.7 Å². The molecule has 0 aromatic heterocycles. The molecule has 9 rings (SSSR count). The monoisotopic (exact) mass is 806 g/mol. The summed E-state index contributed by atoms with van der Waals surface area (Å²) < 4.78 is 61.1. The topological polar surface area (TPSA) is 104 Å². The Labute approximate surface area is 343 Å². The molecule has 6 aromatic rings. The maximum absolute atomic E-state index is 15.1. The summed E-state index contributed by atoms with van der Waals surface area (Å²) in [5.41, 5.74) is 6.22. The van der Waals surface area contributed by atoms with Crippen molar-refractivity contribution in [1.82, 2.24) is 4.90 Å². The van der Waals surface area contributed by atoms with Crippen molar-refractivity contribution >= 4 is 27.8 Å². The summed E-state index contributed by atoms with van der Waals surface area (Å²) in [6, 6.07) is 47.5. The van der Waals surface area contributed by atoms with Crippen LogP contribution in [0.5, 0.6) is 5.75 Å². The van der Waals surface area contributed by atoms with Crippen LogP contribution in [-0.4, -0.2) is 65.7 Å². The van der Waals surface area contributed by atoms with Gasteiger partial charge in [-0.05, 0) is 63.7 Å². The summed E-state index contributed by atoms with van der Waals surface area (Å²) in [6.07, 6.45) is 1.82. The maximum atomic E-state index is 15.1. The third kappa shape index (κ3) is 6.66. The molecule has 0 saturated carbocycles. The second-order valence-corrected chi connectivity index (χ2v) is 16.4. The molecule has 2 aliphatic heterocycles. The van der Waals surface area contributed by atoms with Gasteiger partial charge in [-0.25, -0.2) is 13.2 Å². The van der Waals surface area contributed by atoms with Gasteiger partial charge in [-0.3, -0.25) is 9.21 Å². The highest BCUT2D eigenvalue weighted by molar-refractivity contribution is 7.92. The first-order chi connectivity index (χ1) is 28.9. The van der Waals surface area contributed by atoms with E-state index in [2.05, 4.69) is 53.4 Å². The van der Waals surface area contributed by atoms with Crippen LogP contribution in [0.2, 0.25) is 0 Å². The summed E-state index contributed by atoms with van der Waals surface area (Å²) in [4.78, 5) is 15.7. The zero-order valence-corrected chi connectivity index (χ0v) is 33.4. The minimum Gasteiger partial charge on any atom is -0.470 e. The van der Waals surface area contributed by atoms with Crippen LogP contribution in [0.1, 0.15) is 38.2 Å². The highest BCUT2D eigenvalue weighted by Gasteiger charge is 2.66. The van der Waals surface area contributed by atoms with Crippen LogP contribution in [0.3, 0.4) is 0 Å². The lowest BCUT2D eigenvalue weighted by atomic mass is 9.80. The largest absolute Gasteiger partial charge is 0.470 e. The summed E-state index contributed by atoms with van der Waals surface area (Å²) in [5, 5.41) is 0. The number of sulfonamides is 1. The van der Waals surface area contributed by atoms with Gasteiger partial charge >= 0.3 is 5.97 Å². The highest BCUT2D eigenvalue weighted by Crippen LogP contribution is 2.61. The standard InChI is InChI=1S/C48H42N2O8S/c1-54-31-57-44-27-34(47(51)55-2)26-42-39(44)28-45(58-32-56-30-33-16-6-3-7-17-33)46-43(29-49(42)59(52,53)36-20-10-5-11-21-36)50(46)48(35-18-8-4-9-19-35)40-24-14-12-22-37(40)38-23-13-15-25-41(38)48/h3-28,43,46H,29-32H2,1-2H3/b45-28+/t43-,46-,50?/m0/s1. The number of rotatable bonds is 13. The van der Waals surface area contributed by atoms with E-state index in [9.17, 15) is 4.79 Å². The van der Waals surface area contributed by atoms with Crippen molar-refractivity contribution < 1.29 is 36.9 Å². The van der Waals surface area contributed by atoms with E-state index in [1.807, 2.05) is 66.7 Å². The molecule has 0 N–H and O–H groups in total. The summed E-state index contributed by atoms with van der Waals surface area (Å²) in [5.74, 6) is 0.104. The lowest BCUT2D eigenvalue weighted by molar-refractivity contribution is -0.0344. The third-order valence-corrected chi connectivity index (χ3v) is 13.1. The van der Waals surface area contributed by atoms with Gasteiger partial charge in [0.25, 0.3) is 10.0 Å². The van der Waals surface area contributed by atoms with Crippen molar-refractivity contribution in [3.05, 3.63) is 191 Å². The van der Waals surface area contributed by atoms with Gasteiger partial charge in [0.15, 0.2) is 13.6 Å². The predicted molar refractivity (Wildman–Crippen MR) is 224 cm³/mol. The Balaban J connectivity index is 1.28. The molecule has 0 amide bonds. The van der Waals surface area contributed by atoms with Gasteiger partial charge in [0, 0.05) is 12.7 Å². The second-order valence-electron chi connectivity index (χ2n) is 14.5. The number of carbonyl (C=O) groups excluding carboxylic acids is 1. The van der Waals surface area contributed by atoms with Gasteiger partial charge in [-0.2, -0.15) is 0 Å². The van der Waals surface area contributed by atoms with Crippen LogP contribution >= 0.6 is 0 Å². The van der Waals surface area contributed by atoms with E-state index in [1.165, 1.54) is 24.6 Å². The summed E-state index contributed by atoms with van der Waals surface area (Å²) >= 11 is 0. The number of ether oxygens (including phenoxy) is 5. The minimum absolute atomic E-state index is 0.00622. The Morgan fingerprint density at radius 1 is 0.729 bits per heavy atom. The average molecular weight is 807 g/mol. The Bertz CT molecular complexity index is 2590. The SMILES string of the molecule is COCOc1cc(C(=O)OC)cc2c1/C=C(/OCOCc1ccccc1)[C@@H]1[C@H](CN2S(=O)(=O)c2ccccc2)N1C1(c2ccccc2)c2ccccc2-c2ccccc21. The first-order valence-corrected chi connectivity index (χ1v) is 20.8. The number of hydrogen-bond acceptors (Lipinski definition) is 9. The maximum Gasteiger partial charge on any atom is 0.338 e. The van der Waals surface area contributed by atoms with Crippen molar-refractivity contribution in [2.45, 2.75) is 29.1 Å². The number of methoxy groups -OCH3 is 2. The number of anilines is 1. The smallest absolute Gasteiger partial charge is 0.338 e. The molecule has 1 fully saturated rings. The van der Waals surface area contributed by atoms with Crippen molar-refractivity contribution in [3.63, 3.8) is 0 Å². The molecule has 3 aliphatic rings. The predicted octanol–water partition coefficient (Wildman–Crippen LogP) is 8.22. The lowest BCUT2D eigenvalue weighted by Crippen LogP contribution is -2.41.